The van der Waals surface area contributed by atoms with Gasteiger partial charge in [0.1, 0.15) is 29.0 Å². The van der Waals surface area contributed by atoms with E-state index in [4.69, 9.17) is 14.2 Å². The Labute approximate surface area is 223 Å². The van der Waals surface area contributed by atoms with Crippen LogP contribution in [0, 0.1) is 6.92 Å². The molecule has 0 aliphatic rings. The highest BCUT2D eigenvalue weighted by atomic mass is 32.2. The van der Waals surface area contributed by atoms with Crippen LogP contribution in [0.4, 0.5) is 0 Å². The molecule has 0 fully saturated rings. The molecule has 0 aliphatic heterocycles. The van der Waals surface area contributed by atoms with Crippen LogP contribution in [-0.4, -0.2) is 71.7 Å². The molecule has 1 heterocycles. The number of hydrogen-bond acceptors (Lipinski definition) is 9. The maximum atomic E-state index is 14.1. The summed E-state index contributed by atoms with van der Waals surface area (Å²) in [6.45, 7) is 2.75. The summed E-state index contributed by atoms with van der Waals surface area (Å²) in [4.78, 5) is 8.58. The standard InChI is InChI=1S/C27H35N3O7S/c1-19-13-28-27(29-14-19)26(37-18-23(32)17-31)20(2)38(33,34)30(15-21-5-9-24(35-3)10-6-21)16-22-7-11-25(36-4)12-8-22/h5-14,20,23,26,31-32H,15-18H2,1-4H3/t20-,23-,26?/m0/s1. The van der Waals surface area contributed by atoms with Gasteiger partial charge in [0.15, 0.2) is 5.82 Å². The Bertz CT molecular complexity index is 1190. The summed E-state index contributed by atoms with van der Waals surface area (Å²) in [6, 6.07) is 14.4. The molecule has 38 heavy (non-hydrogen) atoms. The molecule has 0 radical (unpaired) electrons. The van der Waals surface area contributed by atoms with Gasteiger partial charge in [-0.05, 0) is 54.8 Å². The fourth-order valence-electron chi connectivity index (χ4n) is 3.73. The molecule has 0 saturated heterocycles. The van der Waals surface area contributed by atoms with Crippen LogP contribution in [0.15, 0.2) is 60.9 Å². The minimum absolute atomic E-state index is 0.101. The third-order valence-corrected chi connectivity index (χ3v) is 8.19. The van der Waals surface area contributed by atoms with Crippen molar-refractivity contribution in [3.63, 3.8) is 0 Å². The third-order valence-electron chi connectivity index (χ3n) is 6.03. The van der Waals surface area contributed by atoms with Gasteiger partial charge in [0, 0.05) is 25.5 Å². The summed E-state index contributed by atoms with van der Waals surface area (Å²) in [7, 11) is -0.884. The van der Waals surface area contributed by atoms with Gasteiger partial charge in [0.2, 0.25) is 10.0 Å². The van der Waals surface area contributed by atoms with E-state index in [-0.39, 0.29) is 25.5 Å². The SMILES string of the molecule is COc1ccc(CN(Cc2ccc(OC)cc2)S(=O)(=O)[C@@H](C)C(OC[C@@H](O)CO)c2ncc(C)cn2)cc1. The van der Waals surface area contributed by atoms with Crippen LogP contribution in [0.25, 0.3) is 0 Å². The number of sulfonamides is 1. The highest BCUT2D eigenvalue weighted by Gasteiger charge is 2.38. The number of aromatic nitrogens is 2. The number of hydrogen-bond donors (Lipinski definition) is 2. The van der Waals surface area contributed by atoms with Crippen LogP contribution in [0.3, 0.4) is 0 Å². The summed E-state index contributed by atoms with van der Waals surface area (Å²) >= 11 is 0. The van der Waals surface area contributed by atoms with E-state index in [1.807, 2.05) is 31.2 Å². The summed E-state index contributed by atoms with van der Waals surface area (Å²) in [6.07, 6.45) is 0.892. The van der Waals surface area contributed by atoms with Crippen molar-refractivity contribution in [2.24, 2.45) is 0 Å². The molecular formula is C27H35N3O7S. The second kappa shape index (κ2) is 13.6. The molecule has 3 rings (SSSR count). The zero-order valence-corrected chi connectivity index (χ0v) is 22.8. The number of aliphatic hydroxyl groups excluding tert-OH is 2. The Morgan fingerprint density at radius 1 is 0.895 bits per heavy atom. The molecule has 0 saturated carbocycles. The van der Waals surface area contributed by atoms with Crippen molar-refractivity contribution in [2.75, 3.05) is 27.4 Å². The Hall–Kier alpha value is -3.09. The van der Waals surface area contributed by atoms with Gasteiger partial charge in [0.05, 0.1) is 27.4 Å². The molecule has 1 unspecified atom stereocenters. The lowest BCUT2D eigenvalue weighted by Crippen LogP contribution is -2.41. The Balaban J connectivity index is 1.97. The molecule has 0 spiro atoms. The first-order valence-corrected chi connectivity index (χ1v) is 13.6. The van der Waals surface area contributed by atoms with Crippen molar-refractivity contribution in [1.82, 2.24) is 14.3 Å². The van der Waals surface area contributed by atoms with Crippen LogP contribution < -0.4 is 9.47 Å². The highest BCUT2D eigenvalue weighted by molar-refractivity contribution is 7.89. The van der Waals surface area contributed by atoms with Crippen molar-refractivity contribution in [3.05, 3.63) is 83.4 Å². The summed E-state index contributed by atoms with van der Waals surface area (Å²) < 4.78 is 45.9. The molecule has 3 aromatic rings. The monoisotopic (exact) mass is 545 g/mol. The van der Waals surface area contributed by atoms with E-state index in [2.05, 4.69) is 9.97 Å². The summed E-state index contributed by atoms with van der Waals surface area (Å²) in [5.41, 5.74) is 2.35. The van der Waals surface area contributed by atoms with E-state index < -0.39 is 34.1 Å². The molecule has 0 bridgehead atoms. The lowest BCUT2D eigenvalue weighted by atomic mass is 10.2. The van der Waals surface area contributed by atoms with Crippen molar-refractivity contribution < 1.29 is 32.8 Å². The maximum Gasteiger partial charge on any atom is 0.220 e. The Kier molecular flexibility index (Phi) is 10.6. The van der Waals surface area contributed by atoms with E-state index in [9.17, 15) is 18.6 Å². The molecular weight excluding hydrogens is 510 g/mol. The van der Waals surface area contributed by atoms with Crippen molar-refractivity contribution in [3.8, 4) is 11.5 Å². The molecule has 0 amide bonds. The van der Waals surface area contributed by atoms with Gasteiger partial charge >= 0.3 is 0 Å². The van der Waals surface area contributed by atoms with E-state index in [1.54, 1.807) is 50.9 Å². The minimum Gasteiger partial charge on any atom is -0.497 e. The van der Waals surface area contributed by atoms with Gasteiger partial charge in [-0.25, -0.2) is 18.4 Å². The lowest BCUT2D eigenvalue weighted by molar-refractivity contribution is -0.0329. The second-order valence-corrected chi connectivity index (χ2v) is 11.2. The average Bonchev–Trinajstić information content (AvgIpc) is 2.94. The molecule has 2 N–H and O–H groups in total. The van der Waals surface area contributed by atoms with Gasteiger partial charge < -0.3 is 24.4 Å². The largest absolute Gasteiger partial charge is 0.497 e. The fourth-order valence-corrected chi connectivity index (χ4v) is 5.37. The van der Waals surface area contributed by atoms with Gasteiger partial charge in [-0.3, -0.25) is 0 Å². The van der Waals surface area contributed by atoms with E-state index >= 15 is 0 Å². The smallest absolute Gasteiger partial charge is 0.220 e. The van der Waals surface area contributed by atoms with Gasteiger partial charge in [0.25, 0.3) is 0 Å². The maximum absolute atomic E-state index is 14.1. The Morgan fingerprint density at radius 2 is 1.37 bits per heavy atom. The summed E-state index contributed by atoms with van der Waals surface area (Å²) in [5.74, 6) is 1.50. The summed E-state index contributed by atoms with van der Waals surface area (Å²) in [5, 5.41) is 18.0. The molecule has 10 nitrogen and oxygen atoms in total. The topological polar surface area (TPSA) is 131 Å². The molecule has 11 heteroatoms. The predicted octanol–water partition coefficient (Wildman–Crippen LogP) is 2.63. The lowest BCUT2D eigenvalue weighted by Gasteiger charge is -2.30. The highest BCUT2D eigenvalue weighted by Crippen LogP contribution is 2.29. The Morgan fingerprint density at radius 3 is 1.79 bits per heavy atom. The van der Waals surface area contributed by atoms with Crippen molar-refractivity contribution in [1.29, 1.82) is 0 Å². The van der Waals surface area contributed by atoms with Gasteiger partial charge in [-0.2, -0.15) is 4.31 Å². The normalized spacial score (nSPS) is 14.2. The number of aryl methyl sites for hydroxylation is 1. The second-order valence-electron chi connectivity index (χ2n) is 8.92. The molecule has 0 aliphatic carbocycles. The quantitative estimate of drug-likeness (QED) is 0.314. The van der Waals surface area contributed by atoms with Crippen LogP contribution in [0.5, 0.6) is 11.5 Å². The molecule has 3 atom stereocenters. The predicted molar refractivity (Wildman–Crippen MR) is 142 cm³/mol. The van der Waals surface area contributed by atoms with E-state index in [1.165, 1.54) is 11.2 Å². The first-order valence-electron chi connectivity index (χ1n) is 12.1. The van der Waals surface area contributed by atoms with E-state index in [0.29, 0.717) is 11.5 Å². The van der Waals surface area contributed by atoms with Crippen LogP contribution >= 0.6 is 0 Å². The van der Waals surface area contributed by atoms with Crippen LogP contribution in [-0.2, 0) is 27.8 Å². The van der Waals surface area contributed by atoms with Crippen molar-refractivity contribution >= 4 is 10.0 Å². The van der Waals surface area contributed by atoms with Gasteiger partial charge in [-0.15, -0.1) is 0 Å². The zero-order valence-electron chi connectivity index (χ0n) is 22.0. The third kappa shape index (κ3) is 7.71. The zero-order chi connectivity index (χ0) is 27.7. The number of nitrogens with zero attached hydrogens (tertiary/aromatic N) is 3. The number of aliphatic hydroxyl groups is 2. The van der Waals surface area contributed by atoms with Crippen molar-refractivity contribution in [2.45, 2.75) is 44.4 Å². The number of benzene rings is 2. The van der Waals surface area contributed by atoms with Crippen LogP contribution in [0.1, 0.15) is 35.5 Å². The molecule has 206 valence electrons. The number of rotatable bonds is 14. The van der Waals surface area contributed by atoms with E-state index in [0.717, 1.165) is 16.7 Å². The molecule has 2 aromatic carbocycles. The number of ether oxygens (including phenoxy) is 3. The van der Waals surface area contributed by atoms with Crippen LogP contribution in [0.2, 0.25) is 0 Å². The first-order chi connectivity index (χ1) is 18.2. The van der Waals surface area contributed by atoms with Gasteiger partial charge in [-0.1, -0.05) is 24.3 Å². The minimum atomic E-state index is -4.02. The first kappa shape index (κ1) is 29.5. The molecule has 1 aromatic heterocycles. The number of methoxy groups -OCH3 is 2. The fraction of sp³-hybridized carbons (Fsp3) is 0.407. The average molecular weight is 546 g/mol.